The van der Waals surface area contributed by atoms with Crippen molar-refractivity contribution in [2.45, 2.75) is 58.3 Å². The summed E-state index contributed by atoms with van der Waals surface area (Å²) in [5, 5.41) is 2.63. The molecular formula is C29H31NO10. The first-order valence-electron chi connectivity index (χ1n) is 12.5. The summed E-state index contributed by atoms with van der Waals surface area (Å²) in [6, 6.07) is 14.5. The molecule has 3 rings (SSSR count). The highest BCUT2D eigenvalue weighted by molar-refractivity contribution is 6.06. The SMILES string of the molecule is CC(=O)NC1C(Oc2ccc(C(=O)C=Cc3ccccc3)cc2)OC(COC(C)=O)C(OC(C)=O)C1OC(C)=O. The van der Waals surface area contributed by atoms with Gasteiger partial charge in [0.05, 0.1) is 0 Å². The lowest BCUT2D eigenvalue weighted by Gasteiger charge is -2.44. The molecule has 1 N–H and O–H groups in total. The second kappa shape index (κ2) is 14.0. The zero-order valence-electron chi connectivity index (χ0n) is 22.5. The molecule has 0 aliphatic carbocycles. The minimum absolute atomic E-state index is 0.221. The normalized spacial score (nSPS) is 22.1. The number of rotatable bonds is 10. The summed E-state index contributed by atoms with van der Waals surface area (Å²) in [5.74, 6) is -2.48. The van der Waals surface area contributed by atoms with Crippen molar-refractivity contribution in [2.24, 2.45) is 0 Å². The van der Waals surface area contributed by atoms with Gasteiger partial charge in [-0.3, -0.25) is 24.0 Å². The number of carbonyl (C=O) groups is 5. The highest BCUT2D eigenvalue weighted by Gasteiger charge is 2.51. The van der Waals surface area contributed by atoms with Gasteiger partial charge in [-0.2, -0.15) is 0 Å². The van der Waals surface area contributed by atoms with Gasteiger partial charge in [0, 0.05) is 33.3 Å². The third kappa shape index (κ3) is 8.77. The minimum Gasteiger partial charge on any atom is -0.463 e. The Hall–Kier alpha value is -4.51. The third-order valence-electron chi connectivity index (χ3n) is 5.69. The van der Waals surface area contributed by atoms with Crippen molar-refractivity contribution < 1.29 is 47.7 Å². The van der Waals surface area contributed by atoms with Crippen LogP contribution in [0.3, 0.4) is 0 Å². The van der Waals surface area contributed by atoms with Crippen LogP contribution in [0.25, 0.3) is 6.08 Å². The van der Waals surface area contributed by atoms with Crippen LogP contribution in [-0.2, 0) is 38.1 Å². The number of nitrogens with one attached hydrogen (secondary N) is 1. The maximum atomic E-state index is 12.6. The summed E-state index contributed by atoms with van der Waals surface area (Å²) in [5.41, 5.74) is 1.29. The molecule has 0 saturated carbocycles. The van der Waals surface area contributed by atoms with E-state index in [1.54, 1.807) is 18.2 Å². The molecule has 5 atom stereocenters. The van der Waals surface area contributed by atoms with Crippen molar-refractivity contribution in [1.29, 1.82) is 0 Å². The van der Waals surface area contributed by atoms with E-state index in [0.717, 1.165) is 19.4 Å². The first-order chi connectivity index (χ1) is 19.0. The summed E-state index contributed by atoms with van der Waals surface area (Å²) in [6.45, 7) is 4.40. The van der Waals surface area contributed by atoms with Crippen LogP contribution in [0, 0.1) is 0 Å². The predicted molar refractivity (Wildman–Crippen MR) is 141 cm³/mol. The van der Waals surface area contributed by atoms with Crippen molar-refractivity contribution in [3.8, 4) is 5.75 Å². The Kier molecular flexibility index (Phi) is 10.5. The third-order valence-corrected chi connectivity index (χ3v) is 5.69. The summed E-state index contributed by atoms with van der Waals surface area (Å²) in [6.07, 6.45) is -1.67. The van der Waals surface area contributed by atoms with Gasteiger partial charge in [0.1, 0.15) is 24.5 Å². The lowest BCUT2D eigenvalue weighted by molar-refractivity contribution is -0.257. The van der Waals surface area contributed by atoms with E-state index in [9.17, 15) is 24.0 Å². The topological polar surface area (TPSA) is 144 Å². The number of ketones is 1. The quantitative estimate of drug-likeness (QED) is 0.202. The van der Waals surface area contributed by atoms with Gasteiger partial charge in [-0.1, -0.05) is 36.4 Å². The molecular weight excluding hydrogens is 522 g/mol. The Morgan fingerprint density at radius 1 is 0.825 bits per heavy atom. The first-order valence-corrected chi connectivity index (χ1v) is 12.5. The molecule has 0 bridgehead atoms. The number of ether oxygens (including phenoxy) is 5. The smallest absolute Gasteiger partial charge is 0.303 e. The van der Waals surface area contributed by atoms with Gasteiger partial charge in [-0.25, -0.2) is 0 Å². The highest BCUT2D eigenvalue weighted by Crippen LogP contribution is 2.29. The number of esters is 3. The fourth-order valence-corrected chi connectivity index (χ4v) is 4.06. The van der Waals surface area contributed by atoms with E-state index in [4.69, 9.17) is 23.7 Å². The Labute approximate surface area is 231 Å². The minimum atomic E-state index is -1.26. The second-order valence-electron chi connectivity index (χ2n) is 8.97. The standard InChI is InChI=1S/C29H31NO10/c1-17(31)30-26-28(38-20(4)34)27(37-19(3)33)25(16-36-18(2)32)40-29(26)39-23-13-11-22(12-14-23)24(35)15-10-21-8-6-5-7-9-21/h5-15,25-29H,16H2,1-4H3,(H,30,31). The molecule has 2 aromatic rings. The van der Waals surface area contributed by atoms with E-state index < -0.39 is 54.5 Å². The molecule has 212 valence electrons. The van der Waals surface area contributed by atoms with Crippen molar-refractivity contribution in [2.75, 3.05) is 6.61 Å². The number of amides is 1. The van der Waals surface area contributed by atoms with Crippen LogP contribution in [0.15, 0.2) is 60.7 Å². The molecule has 1 amide bonds. The monoisotopic (exact) mass is 553 g/mol. The second-order valence-corrected chi connectivity index (χ2v) is 8.97. The molecule has 1 heterocycles. The van der Waals surface area contributed by atoms with Crippen LogP contribution < -0.4 is 10.1 Å². The number of carbonyl (C=O) groups excluding carboxylic acids is 5. The van der Waals surface area contributed by atoms with Gasteiger partial charge < -0.3 is 29.0 Å². The van der Waals surface area contributed by atoms with Crippen molar-refractivity contribution >= 4 is 35.7 Å². The van der Waals surface area contributed by atoms with Gasteiger partial charge in [-0.05, 0) is 35.9 Å². The maximum absolute atomic E-state index is 12.6. The first kappa shape index (κ1) is 30.0. The molecule has 0 spiro atoms. The van der Waals surface area contributed by atoms with E-state index >= 15 is 0 Å². The molecule has 5 unspecified atom stereocenters. The molecule has 1 saturated heterocycles. The average molecular weight is 554 g/mol. The van der Waals surface area contributed by atoms with Gasteiger partial charge in [0.25, 0.3) is 0 Å². The lowest BCUT2D eigenvalue weighted by atomic mass is 9.96. The van der Waals surface area contributed by atoms with Gasteiger partial charge in [0.15, 0.2) is 18.0 Å². The number of benzene rings is 2. The Morgan fingerprint density at radius 3 is 2.02 bits per heavy atom. The number of hydrogen-bond donors (Lipinski definition) is 1. The molecule has 1 fully saturated rings. The van der Waals surface area contributed by atoms with Crippen LogP contribution in [-0.4, -0.2) is 66.8 Å². The van der Waals surface area contributed by atoms with Crippen molar-refractivity contribution in [1.82, 2.24) is 5.32 Å². The predicted octanol–water partition coefficient (Wildman–Crippen LogP) is 2.62. The summed E-state index contributed by atoms with van der Waals surface area (Å²) < 4.78 is 27.9. The van der Waals surface area contributed by atoms with E-state index in [-0.39, 0.29) is 18.1 Å². The largest absolute Gasteiger partial charge is 0.463 e. The van der Waals surface area contributed by atoms with Crippen molar-refractivity contribution in [3.63, 3.8) is 0 Å². The van der Waals surface area contributed by atoms with Crippen LogP contribution >= 0.6 is 0 Å². The molecule has 11 heteroatoms. The van der Waals surface area contributed by atoms with E-state index in [1.165, 1.54) is 32.1 Å². The molecule has 1 aliphatic rings. The summed E-state index contributed by atoms with van der Waals surface area (Å²) in [4.78, 5) is 60.0. The number of hydrogen-bond acceptors (Lipinski definition) is 10. The van der Waals surface area contributed by atoms with E-state index in [0.29, 0.717) is 5.56 Å². The fraction of sp³-hybridized carbons (Fsp3) is 0.345. The molecule has 40 heavy (non-hydrogen) atoms. The average Bonchev–Trinajstić information content (AvgIpc) is 2.89. The van der Waals surface area contributed by atoms with E-state index in [2.05, 4.69) is 5.32 Å². The van der Waals surface area contributed by atoms with Gasteiger partial charge in [0.2, 0.25) is 12.2 Å². The van der Waals surface area contributed by atoms with Crippen LogP contribution in [0.1, 0.15) is 43.6 Å². The zero-order chi connectivity index (χ0) is 29.2. The van der Waals surface area contributed by atoms with Crippen molar-refractivity contribution in [3.05, 3.63) is 71.8 Å². The molecule has 2 aromatic carbocycles. The molecule has 0 aromatic heterocycles. The Bertz CT molecular complexity index is 1240. The Morgan fingerprint density at radius 2 is 1.45 bits per heavy atom. The lowest BCUT2D eigenvalue weighted by Crippen LogP contribution is -2.67. The molecule has 1 aliphatic heterocycles. The van der Waals surface area contributed by atoms with E-state index in [1.807, 2.05) is 30.3 Å². The summed E-state index contributed by atoms with van der Waals surface area (Å²) in [7, 11) is 0. The Balaban J connectivity index is 1.86. The number of allylic oxidation sites excluding steroid dienone is 1. The highest BCUT2D eigenvalue weighted by atomic mass is 16.7. The van der Waals surface area contributed by atoms with Gasteiger partial charge >= 0.3 is 17.9 Å². The molecule has 11 nitrogen and oxygen atoms in total. The van der Waals surface area contributed by atoms with Crippen LogP contribution in [0.4, 0.5) is 0 Å². The molecule has 0 radical (unpaired) electrons. The maximum Gasteiger partial charge on any atom is 0.303 e. The van der Waals surface area contributed by atoms with Crippen LogP contribution in [0.2, 0.25) is 0 Å². The zero-order valence-corrected chi connectivity index (χ0v) is 22.5. The van der Waals surface area contributed by atoms with Gasteiger partial charge in [-0.15, -0.1) is 0 Å². The summed E-state index contributed by atoms with van der Waals surface area (Å²) >= 11 is 0. The van der Waals surface area contributed by atoms with Crippen LogP contribution in [0.5, 0.6) is 5.75 Å². The fourth-order valence-electron chi connectivity index (χ4n) is 4.06.